The maximum Gasteiger partial charge on any atom is 0.330 e. The molecule has 0 unspecified atom stereocenters. The zero-order valence-corrected chi connectivity index (χ0v) is 19.9. The van der Waals surface area contributed by atoms with E-state index in [4.69, 9.17) is 10.5 Å². The van der Waals surface area contributed by atoms with E-state index in [1.54, 1.807) is 24.3 Å². The Labute approximate surface area is 199 Å². The summed E-state index contributed by atoms with van der Waals surface area (Å²) in [4.78, 5) is 42.3. The lowest BCUT2D eigenvalue weighted by Gasteiger charge is -2.24. The fourth-order valence-corrected chi connectivity index (χ4v) is 3.56. The summed E-state index contributed by atoms with van der Waals surface area (Å²) < 4.78 is 7.00. The molecule has 3 N–H and O–H groups in total. The second-order valence-corrected chi connectivity index (χ2v) is 8.58. The van der Waals surface area contributed by atoms with Gasteiger partial charge in [0.15, 0.2) is 5.69 Å². The summed E-state index contributed by atoms with van der Waals surface area (Å²) in [5, 5.41) is 0. The van der Waals surface area contributed by atoms with E-state index < -0.39 is 11.2 Å². The minimum absolute atomic E-state index is 0.0281. The highest BCUT2D eigenvalue weighted by molar-refractivity contribution is 6.07. The first-order chi connectivity index (χ1) is 16.3. The number of hydrogen-bond acceptors (Lipinski definition) is 5. The van der Waals surface area contributed by atoms with Gasteiger partial charge in [0.05, 0.1) is 13.2 Å². The maximum atomic E-state index is 13.4. The van der Waals surface area contributed by atoms with Crippen molar-refractivity contribution in [3.63, 3.8) is 0 Å². The topological polar surface area (TPSA) is 110 Å². The van der Waals surface area contributed by atoms with Crippen LogP contribution in [0.4, 0.5) is 11.5 Å². The first kappa shape index (κ1) is 24.8. The average molecular weight is 465 g/mol. The molecule has 8 heteroatoms. The Morgan fingerprint density at radius 3 is 2.38 bits per heavy atom. The molecule has 0 aliphatic heterocycles. The van der Waals surface area contributed by atoms with E-state index >= 15 is 0 Å². The lowest BCUT2D eigenvalue weighted by atomic mass is 10.1. The number of ether oxygens (including phenoxy) is 1. The number of nitrogens with one attached hydrogen (secondary N) is 1. The van der Waals surface area contributed by atoms with Crippen LogP contribution in [0.25, 0.3) is 0 Å². The molecular weight excluding hydrogens is 432 g/mol. The van der Waals surface area contributed by atoms with E-state index in [2.05, 4.69) is 18.8 Å². The van der Waals surface area contributed by atoms with Crippen LogP contribution in [0.1, 0.15) is 49.5 Å². The van der Waals surface area contributed by atoms with Crippen molar-refractivity contribution in [1.82, 2.24) is 9.55 Å². The standard InChI is InChI=1S/C26H32N4O4/c1-4-15-29(25(32)20-10-12-21(13-11-20)34-16-14-18(2)3)22-23(27)30(26(33)28-24(22)31)17-19-8-6-5-7-9-19/h5-13,18H,4,14-17,27H2,1-3H3,(H,28,31,33). The van der Waals surface area contributed by atoms with Gasteiger partial charge in [-0.1, -0.05) is 51.1 Å². The molecule has 0 spiro atoms. The second kappa shape index (κ2) is 11.4. The first-order valence-corrected chi connectivity index (χ1v) is 11.5. The summed E-state index contributed by atoms with van der Waals surface area (Å²) >= 11 is 0. The van der Waals surface area contributed by atoms with Crippen molar-refractivity contribution in [3.8, 4) is 5.75 Å². The fourth-order valence-electron chi connectivity index (χ4n) is 3.56. The molecule has 0 radical (unpaired) electrons. The van der Waals surface area contributed by atoms with E-state index in [0.29, 0.717) is 30.3 Å². The van der Waals surface area contributed by atoms with Gasteiger partial charge in [0.1, 0.15) is 11.6 Å². The Hall–Kier alpha value is -3.81. The third-order valence-corrected chi connectivity index (χ3v) is 5.43. The Bertz CT molecular complexity index is 1210. The van der Waals surface area contributed by atoms with Gasteiger partial charge in [0.25, 0.3) is 11.5 Å². The van der Waals surface area contributed by atoms with E-state index in [9.17, 15) is 14.4 Å². The van der Waals surface area contributed by atoms with Crippen LogP contribution in [0.3, 0.4) is 0 Å². The van der Waals surface area contributed by atoms with E-state index in [1.165, 1.54) is 9.47 Å². The molecule has 3 aromatic rings. The molecule has 0 saturated carbocycles. The number of aromatic amines is 1. The number of anilines is 2. The number of H-pyrrole nitrogens is 1. The number of amides is 1. The number of nitrogens with two attached hydrogens (primary N) is 1. The van der Waals surface area contributed by atoms with Crippen molar-refractivity contribution < 1.29 is 9.53 Å². The Balaban J connectivity index is 1.92. The van der Waals surface area contributed by atoms with E-state index in [0.717, 1.165) is 12.0 Å². The predicted octanol–water partition coefficient (Wildman–Crippen LogP) is 3.65. The van der Waals surface area contributed by atoms with Gasteiger partial charge in [-0.2, -0.15) is 0 Å². The lowest BCUT2D eigenvalue weighted by molar-refractivity contribution is 0.0986. The highest BCUT2D eigenvalue weighted by atomic mass is 16.5. The number of nitrogen functional groups attached to an aromatic ring is 1. The molecule has 8 nitrogen and oxygen atoms in total. The molecule has 1 aromatic heterocycles. The largest absolute Gasteiger partial charge is 0.494 e. The third kappa shape index (κ3) is 5.95. The molecule has 3 rings (SSSR count). The molecule has 0 bridgehead atoms. The molecule has 0 atom stereocenters. The molecule has 180 valence electrons. The van der Waals surface area contributed by atoms with Crippen molar-refractivity contribution in [2.24, 2.45) is 5.92 Å². The highest BCUT2D eigenvalue weighted by Gasteiger charge is 2.25. The smallest absolute Gasteiger partial charge is 0.330 e. The van der Waals surface area contributed by atoms with Crippen LogP contribution in [-0.4, -0.2) is 28.6 Å². The fraction of sp³-hybridized carbons (Fsp3) is 0.346. The van der Waals surface area contributed by atoms with Crippen LogP contribution < -0.4 is 26.6 Å². The highest BCUT2D eigenvalue weighted by Crippen LogP contribution is 2.22. The first-order valence-electron chi connectivity index (χ1n) is 11.5. The van der Waals surface area contributed by atoms with Crippen molar-refractivity contribution in [1.29, 1.82) is 0 Å². The van der Waals surface area contributed by atoms with Crippen LogP contribution in [0.15, 0.2) is 64.2 Å². The Morgan fingerprint density at radius 1 is 1.09 bits per heavy atom. The van der Waals surface area contributed by atoms with Gasteiger partial charge in [-0.05, 0) is 48.6 Å². The normalized spacial score (nSPS) is 10.9. The zero-order valence-electron chi connectivity index (χ0n) is 19.9. The quantitative estimate of drug-likeness (QED) is 0.476. The summed E-state index contributed by atoms with van der Waals surface area (Å²) in [6, 6.07) is 16.1. The molecule has 34 heavy (non-hydrogen) atoms. The van der Waals surface area contributed by atoms with Crippen LogP contribution in [0.5, 0.6) is 5.75 Å². The Morgan fingerprint density at radius 2 is 1.76 bits per heavy atom. The van der Waals surface area contributed by atoms with Crippen LogP contribution >= 0.6 is 0 Å². The number of carbonyl (C=O) groups is 1. The lowest BCUT2D eigenvalue weighted by Crippen LogP contribution is -2.41. The van der Waals surface area contributed by atoms with Crippen molar-refractivity contribution in [2.45, 2.75) is 40.2 Å². The maximum absolute atomic E-state index is 13.4. The number of aromatic nitrogens is 2. The Kier molecular flexibility index (Phi) is 8.29. The molecule has 1 amide bonds. The molecule has 0 saturated heterocycles. The number of carbonyl (C=O) groups excluding carboxylic acids is 1. The number of nitrogens with zero attached hydrogens (tertiary/aromatic N) is 2. The molecule has 0 aliphatic rings. The molecule has 0 aliphatic carbocycles. The monoisotopic (exact) mass is 464 g/mol. The van der Waals surface area contributed by atoms with Gasteiger partial charge in [-0.3, -0.25) is 19.1 Å². The zero-order chi connectivity index (χ0) is 24.7. The summed E-state index contributed by atoms with van der Waals surface area (Å²) in [6.07, 6.45) is 1.53. The number of hydrogen-bond donors (Lipinski definition) is 2. The summed E-state index contributed by atoms with van der Waals surface area (Å²) in [7, 11) is 0. The number of rotatable bonds is 10. The van der Waals surface area contributed by atoms with E-state index in [1.807, 2.05) is 37.3 Å². The van der Waals surface area contributed by atoms with Gasteiger partial charge < -0.3 is 15.4 Å². The van der Waals surface area contributed by atoms with Crippen molar-refractivity contribution in [3.05, 3.63) is 86.6 Å². The number of benzene rings is 2. The average Bonchev–Trinajstić information content (AvgIpc) is 2.81. The second-order valence-electron chi connectivity index (χ2n) is 8.58. The van der Waals surface area contributed by atoms with Crippen LogP contribution in [0, 0.1) is 5.92 Å². The van der Waals surface area contributed by atoms with Crippen molar-refractivity contribution in [2.75, 3.05) is 23.8 Å². The van der Waals surface area contributed by atoms with Gasteiger partial charge >= 0.3 is 5.69 Å². The summed E-state index contributed by atoms with van der Waals surface area (Å²) in [6.45, 7) is 7.19. The summed E-state index contributed by atoms with van der Waals surface area (Å²) in [5.74, 6) is 0.788. The molecule has 0 fully saturated rings. The van der Waals surface area contributed by atoms with Gasteiger partial charge in [0.2, 0.25) is 0 Å². The summed E-state index contributed by atoms with van der Waals surface area (Å²) in [5.41, 5.74) is 6.20. The van der Waals surface area contributed by atoms with Gasteiger partial charge in [-0.25, -0.2) is 4.79 Å². The van der Waals surface area contributed by atoms with Gasteiger partial charge in [-0.15, -0.1) is 0 Å². The SMILES string of the molecule is CCCN(C(=O)c1ccc(OCCC(C)C)cc1)c1c(N)n(Cc2ccccc2)c(=O)[nH]c1=O. The minimum atomic E-state index is -0.692. The van der Waals surface area contributed by atoms with E-state index in [-0.39, 0.29) is 30.5 Å². The minimum Gasteiger partial charge on any atom is -0.494 e. The molecular formula is C26H32N4O4. The third-order valence-electron chi connectivity index (χ3n) is 5.43. The molecule has 2 aromatic carbocycles. The van der Waals surface area contributed by atoms with Crippen molar-refractivity contribution >= 4 is 17.4 Å². The van der Waals surface area contributed by atoms with Gasteiger partial charge in [0, 0.05) is 12.1 Å². The predicted molar refractivity (Wildman–Crippen MR) is 135 cm³/mol. The van der Waals surface area contributed by atoms with Crippen LogP contribution in [-0.2, 0) is 6.54 Å². The molecule has 1 heterocycles. The van der Waals surface area contributed by atoms with Crippen LogP contribution in [0.2, 0.25) is 0 Å².